The highest BCUT2D eigenvalue weighted by Crippen LogP contribution is 2.43. The van der Waals surface area contributed by atoms with E-state index >= 15 is 0 Å². The predicted molar refractivity (Wildman–Crippen MR) is 140 cm³/mol. The Morgan fingerprint density at radius 2 is 1.77 bits per heavy atom. The quantitative estimate of drug-likeness (QED) is 0.402. The molecule has 1 atom stereocenters. The summed E-state index contributed by atoms with van der Waals surface area (Å²) in [6.45, 7) is 2.95. The van der Waals surface area contributed by atoms with Gasteiger partial charge in [-0.1, -0.05) is 65.3 Å². The predicted octanol–water partition coefficient (Wildman–Crippen LogP) is 6.45. The molecule has 0 unspecified atom stereocenters. The molecule has 0 aliphatic carbocycles. The van der Waals surface area contributed by atoms with Crippen LogP contribution in [0.4, 0.5) is 5.69 Å². The Bertz CT molecular complexity index is 1300. The number of nitriles is 1. The van der Waals surface area contributed by atoms with Gasteiger partial charge >= 0.3 is 0 Å². The fourth-order valence-electron chi connectivity index (χ4n) is 4.31. The molecule has 0 radical (unpaired) electrons. The average molecular weight is 502 g/mol. The fraction of sp³-hybridized carbons (Fsp3) is 0.214. The summed E-state index contributed by atoms with van der Waals surface area (Å²) >= 11 is 7.49. The van der Waals surface area contributed by atoms with E-state index in [2.05, 4.69) is 42.2 Å². The van der Waals surface area contributed by atoms with Crippen LogP contribution >= 0.6 is 23.4 Å². The number of ether oxygens (including phenoxy) is 1. The first-order valence-corrected chi connectivity index (χ1v) is 12.7. The zero-order valence-corrected chi connectivity index (χ0v) is 20.9. The SMILES string of the molecule is Cc1ccc(N2CSC3=C(C#N)[C@@H](c4ccc(OCc5ccc(Cl)cc5)cc4)CC(=O)N3C2)cc1. The van der Waals surface area contributed by atoms with Crippen LogP contribution in [-0.4, -0.2) is 23.4 Å². The molecule has 0 N–H and O–H groups in total. The van der Waals surface area contributed by atoms with Crippen molar-refractivity contribution in [3.8, 4) is 11.8 Å². The average Bonchev–Trinajstić information content (AvgIpc) is 2.89. The van der Waals surface area contributed by atoms with Crippen molar-refractivity contribution in [3.63, 3.8) is 0 Å². The third kappa shape index (κ3) is 5.02. The number of halogens is 1. The topological polar surface area (TPSA) is 56.6 Å². The smallest absolute Gasteiger partial charge is 0.229 e. The zero-order chi connectivity index (χ0) is 24.4. The van der Waals surface area contributed by atoms with Gasteiger partial charge in [0.2, 0.25) is 5.91 Å². The first kappa shape index (κ1) is 23.3. The Morgan fingerprint density at radius 1 is 1.06 bits per heavy atom. The van der Waals surface area contributed by atoms with E-state index in [9.17, 15) is 10.1 Å². The minimum absolute atomic E-state index is 0.0383. The van der Waals surface area contributed by atoms with Gasteiger partial charge in [-0.15, -0.1) is 0 Å². The molecule has 35 heavy (non-hydrogen) atoms. The number of amides is 1. The number of hydrogen-bond donors (Lipinski definition) is 0. The highest BCUT2D eigenvalue weighted by atomic mass is 35.5. The maximum Gasteiger partial charge on any atom is 0.229 e. The molecule has 5 rings (SSSR count). The fourth-order valence-corrected chi connectivity index (χ4v) is 5.60. The Labute approximate surface area is 214 Å². The minimum atomic E-state index is -0.248. The van der Waals surface area contributed by atoms with Crippen LogP contribution in [0, 0.1) is 18.3 Å². The van der Waals surface area contributed by atoms with Gasteiger partial charge in [-0.2, -0.15) is 5.26 Å². The Hall–Kier alpha value is -3.40. The molecule has 2 heterocycles. The third-order valence-electron chi connectivity index (χ3n) is 6.29. The van der Waals surface area contributed by atoms with Crippen LogP contribution in [0.3, 0.4) is 0 Å². The second kappa shape index (κ2) is 10.1. The molecule has 176 valence electrons. The number of fused-ring (bicyclic) bond motifs is 1. The Morgan fingerprint density at radius 3 is 2.46 bits per heavy atom. The lowest BCUT2D eigenvalue weighted by atomic mass is 9.86. The van der Waals surface area contributed by atoms with Crippen LogP contribution in [-0.2, 0) is 11.4 Å². The monoisotopic (exact) mass is 501 g/mol. The number of nitrogens with zero attached hydrogens (tertiary/aromatic N) is 3. The summed E-state index contributed by atoms with van der Waals surface area (Å²) in [4.78, 5) is 17.1. The molecule has 7 heteroatoms. The molecule has 1 fully saturated rings. The highest BCUT2D eigenvalue weighted by molar-refractivity contribution is 8.03. The molecule has 1 saturated heterocycles. The van der Waals surface area contributed by atoms with E-state index < -0.39 is 0 Å². The van der Waals surface area contributed by atoms with Crippen LogP contribution in [0.2, 0.25) is 5.02 Å². The van der Waals surface area contributed by atoms with E-state index in [4.69, 9.17) is 16.3 Å². The lowest BCUT2D eigenvalue weighted by Crippen LogP contribution is -2.47. The van der Waals surface area contributed by atoms with Crippen LogP contribution in [0.15, 0.2) is 83.4 Å². The highest BCUT2D eigenvalue weighted by Gasteiger charge is 2.38. The van der Waals surface area contributed by atoms with E-state index in [-0.39, 0.29) is 18.2 Å². The maximum absolute atomic E-state index is 13.2. The number of carbonyl (C=O) groups excluding carboxylic acids is 1. The zero-order valence-electron chi connectivity index (χ0n) is 19.3. The van der Waals surface area contributed by atoms with Crippen molar-refractivity contribution in [2.75, 3.05) is 17.4 Å². The summed E-state index contributed by atoms with van der Waals surface area (Å²) in [5.74, 6) is 1.22. The number of anilines is 1. The van der Waals surface area contributed by atoms with Gasteiger partial charge in [-0.25, -0.2) is 0 Å². The van der Waals surface area contributed by atoms with Gasteiger partial charge in [0.15, 0.2) is 0 Å². The molecule has 1 amide bonds. The van der Waals surface area contributed by atoms with Crippen molar-refractivity contribution in [1.29, 1.82) is 5.26 Å². The molecular weight excluding hydrogens is 478 g/mol. The van der Waals surface area contributed by atoms with Gasteiger partial charge in [-0.05, 0) is 54.4 Å². The lowest BCUT2D eigenvalue weighted by Gasteiger charge is -2.42. The standard InChI is InChI=1S/C28H24ClN3O2S/c1-19-2-10-23(11-3-19)31-17-32-27(33)14-25(26(15-30)28(32)35-18-31)21-6-12-24(13-7-21)34-16-20-4-8-22(29)9-5-20/h2-13,25H,14,16-18H2,1H3/t25-/m1/s1. The molecule has 3 aromatic rings. The number of hydrogen-bond acceptors (Lipinski definition) is 5. The van der Waals surface area contributed by atoms with Crippen molar-refractivity contribution in [2.45, 2.75) is 25.9 Å². The molecule has 0 bridgehead atoms. The van der Waals surface area contributed by atoms with Gasteiger partial charge in [0.05, 0.1) is 29.2 Å². The van der Waals surface area contributed by atoms with Crippen molar-refractivity contribution >= 4 is 35.0 Å². The summed E-state index contributed by atoms with van der Waals surface area (Å²) in [6.07, 6.45) is 0.277. The second-order valence-electron chi connectivity index (χ2n) is 8.68. The van der Waals surface area contributed by atoms with E-state index in [0.29, 0.717) is 29.7 Å². The van der Waals surface area contributed by atoms with Crippen molar-refractivity contribution in [3.05, 3.63) is 105 Å². The van der Waals surface area contributed by atoms with Gasteiger partial charge in [-0.3, -0.25) is 9.69 Å². The molecule has 0 spiro atoms. The van der Waals surface area contributed by atoms with Crippen molar-refractivity contribution in [2.24, 2.45) is 0 Å². The summed E-state index contributed by atoms with van der Waals surface area (Å²) < 4.78 is 5.89. The first-order valence-electron chi connectivity index (χ1n) is 11.4. The molecule has 0 saturated carbocycles. The normalized spacial score (nSPS) is 17.7. The van der Waals surface area contributed by atoms with Crippen LogP contribution in [0.1, 0.15) is 29.0 Å². The maximum atomic E-state index is 13.2. The number of benzene rings is 3. The van der Waals surface area contributed by atoms with Gasteiger partial charge < -0.3 is 9.64 Å². The van der Waals surface area contributed by atoms with Gasteiger partial charge in [0.1, 0.15) is 12.4 Å². The lowest BCUT2D eigenvalue weighted by molar-refractivity contribution is -0.129. The van der Waals surface area contributed by atoms with E-state index in [1.165, 1.54) is 5.56 Å². The minimum Gasteiger partial charge on any atom is -0.489 e. The largest absolute Gasteiger partial charge is 0.489 e. The molecule has 0 aromatic heterocycles. The Balaban J connectivity index is 1.31. The van der Waals surface area contributed by atoms with Gasteiger partial charge in [0, 0.05) is 23.0 Å². The number of rotatable bonds is 5. The molecule has 2 aliphatic heterocycles. The summed E-state index contributed by atoms with van der Waals surface area (Å²) in [5.41, 5.74) is 4.91. The number of aryl methyl sites for hydroxylation is 1. The molecular formula is C28H24ClN3O2S. The van der Waals surface area contributed by atoms with E-state index in [1.54, 1.807) is 16.7 Å². The Kier molecular flexibility index (Phi) is 6.72. The van der Waals surface area contributed by atoms with E-state index in [0.717, 1.165) is 27.6 Å². The van der Waals surface area contributed by atoms with E-state index in [1.807, 2.05) is 48.5 Å². The number of allylic oxidation sites excluding steroid dienone is 1. The summed E-state index contributed by atoms with van der Waals surface area (Å²) in [6, 6.07) is 25.9. The number of carbonyl (C=O) groups is 1. The molecule has 5 nitrogen and oxygen atoms in total. The molecule has 3 aromatic carbocycles. The summed E-state index contributed by atoms with van der Waals surface area (Å²) in [5, 5.41) is 11.5. The molecule has 2 aliphatic rings. The first-order chi connectivity index (χ1) is 17.0. The number of thioether (sulfide) groups is 1. The van der Waals surface area contributed by atoms with Crippen LogP contribution < -0.4 is 9.64 Å². The summed E-state index contributed by atoms with van der Waals surface area (Å²) in [7, 11) is 0. The second-order valence-corrected chi connectivity index (χ2v) is 10.1. The van der Waals surface area contributed by atoms with Crippen LogP contribution in [0.25, 0.3) is 0 Å². The van der Waals surface area contributed by atoms with Crippen LogP contribution in [0.5, 0.6) is 5.75 Å². The van der Waals surface area contributed by atoms with Gasteiger partial charge in [0.25, 0.3) is 0 Å². The van der Waals surface area contributed by atoms with Crippen molar-refractivity contribution in [1.82, 2.24) is 4.90 Å². The van der Waals surface area contributed by atoms with Crippen molar-refractivity contribution < 1.29 is 9.53 Å². The third-order valence-corrected chi connectivity index (χ3v) is 7.70.